The number of carbonyl (C=O) groups is 1. The molecule has 21 heavy (non-hydrogen) atoms. The topological polar surface area (TPSA) is 41.5 Å². The molecule has 0 fully saturated rings. The van der Waals surface area contributed by atoms with Gasteiger partial charge in [0.15, 0.2) is 0 Å². The minimum Gasteiger partial charge on any atom is -0.273 e. The molecule has 0 bridgehead atoms. The maximum atomic E-state index is 11.9. The fourth-order valence-electron chi connectivity index (χ4n) is 1.98. The van der Waals surface area contributed by atoms with Crippen LogP contribution in [0.25, 0.3) is 0 Å². The number of carbonyl (C=O) groups excluding carboxylic acids is 1. The number of hydrogen-bond acceptors (Lipinski definition) is 2. The Kier molecular flexibility index (Phi) is 5.28. The van der Waals surface area contributed by atoms with Crippen LogP contribution < -0.4 is 5.43 Å². The van der Waals surface area contributed by atoms with E-state index in [1.54, 1.807) is 6.21 Å². The van der Waals surface area contributed by atoms with Crippen LogP contribution in [0.5, 0.6) is 0 Å². The van der Waals surface area contributed by atoms with Gasteiger partial charge in [0.1, 0.15) is 0 Å². The van der Waals surface area contributed by atoms with Crippen LogP contribution in [-0.2, 0) is 11.2 Å². The van der Waals surface area contributed by atoms with Gasteiger partial charge in [0.25, 0.3) is 0 Å². The summed E-state index contributed by atoms with van der Waals surface area (Å²) >= 11 is 3.37. The first kappa shape index (κ1) is 15.4. The van der Waals surface area contributed by atoms with E-state index in [9.17, 15) is 4.79 Å². The van der Waals surface area contributed by atoms with Gasteiger partial charge >= 0.3 is 0 Å². The molecule has 108 valence electrons. The summed E-state index contributed by atoms with van der Waals surface area (Å²) in [6.45, 7) is 4.06. The molecule has 1 amide bonds. The van der Waals surface area contributed by atoms with Crippen LogP contribution in [0.15, 0.2) is 52.0 Å². The molecule has 0 aliphatic heterocycles. The minimum atomic E-state index is -0.115. The number of nitrogens with zero attached hydrogens (tertiary/aromatic N) is 1. The molecule has 0 aliphatic rings. The first-order chi connectivity index (χ1) is 10.0. The maximum absolute atomic E-state index is 11.9. The standard InChI is InChI=1S/C17H17BrN2O/c1-12-3-6-15(13(2)9-12)10-17(21)20-19-11-14-4-7-16(18)8-5-14/h3-9,11H,10H2,1-2H3,(H,20,21)/b19-11-. The van der Waals surface area contributed by atoms with Crippen molar-refractivity contribution in [2.45, 2.75) is 20.3 Å². The van der Waals surface area contributed by atoms with Crippen molar-refractivity contribution in [1.29, 1.82) is 0 Å². The summed E-state index contributed by atoms with van der Waals surface area (Å²) in [5.41, 5.74) is 6.84. The average molecular weight is 345 g/mol. The molecule has 3 nitrogen and oxygen atoms in total. The average Bonchev–Trinajstić information content (AvgIpc) is 2.44. The van der Waals surface area contributed by atoms with Gasteiger partial charge < -0.3 is 0 Å². The van der Waals surface area contributed by atoms with Crippen molar-refractivity contribution in [3.05, 3.63) is 69.2 Å². The third-order valence-electron chi connectivity index (χ3n) is 3.12. The van der Waals surface area contributed by atoms with Crippen molar-refractivity contribution < 1.29 is 4.79 Å². The highest BCUT2D eigenvalue weighted by molar-refractivity contribution is 9.10. The van der Waals surface area contributed by atoms with E-state index in [0.29, 0.717) is 6.42 Å². The molecule has 0 heterocycles. The summed E-state index contributed by atoms with van der Waals surface area (Å²) in [4.78, 5) is 11.9. The van der Waals surface area contributed by atoms with Gasteiger partial charge in [0.2, 0.25) is 5.91 Å². The lowest BCUT2D eigenvalue weighted by atomic mass is 10.0. The number of halogens is 1. The molecule has 0 aromatic heterocycles. The number of benzene rings is 2. The highest BCUT2D eigenvalue weighted by Crippen LogP contribution is 2.11. The molecule has 0 saturated heterocycles. The van der Waals surface area contributed by atoms with E-state index in [4.69, 9.17) is 0 Å². The summed E-state index contributed by atoms with van der Waals surface area (Å²) in [5.74, 6) is -0.115. The molecule has 0 atom stereocenters. The lowest BCUT2D eigenvalue weighted by molar-refractivity contribution is -0.120. The molecular weight excluding hydrogens is 328 g/mol. The Bertz CT molecular complexity index is 663. The molecule has 1 N–H and O–H groups in total. The second-order valence-corrected chi connectivity index (χ2v) is 5.87. The fraction of sp³-hybridized carbons (Fsp3) is 0.176. The molecule has 0 saturated carbocycles. The first-order valence-corrected chi connectivity index (χ1v) is 7.47. The van der Waals surface area contributed by atoms with Gasteiger partial charge in [-0.25, -0.2) is 5.43 Å². The molecule has 2 rings (SSSR count). The SMILES string of the molecule is Cc1ccc(CC(=O)N/N=C\c2ccc(Br)cc2)c(C)c1. The van der Waals surface area contributed by atoms with Gasteiger partial charge in [-0.1, -0.05) is 51.8 Å². The first-order valence-electron chi connectivity index (χ1n) is 6.68. The van der Waals surface area contributed by atoms with Crippen molar-refractivity contribution in [3.63, 3.8) is 0 Å². The number of aryl methyl sites for hydroxylation is 2. The van der Waals surface area contributed by atoms with E-state index in [0.717, 1.165) is 21.2 Å². The van der Waals surface area contributed by atoms with Gasteiger partial charge in [0.05, 0.1) is 12.6 Å². The van der Waals surface area contributed by atoms with Crippen molar-refractivity contribution in [2.24, 2.45) is 5.10 Å². The lowest BCUT2D eigenvalue weighted by Gasteiger charge is -2.05. The van der Waals surface area contributed by atoms with Crippen LogP contribution >= 0.6 is 15.9 Å². The predicted molar refractivity (Wildman–Crippen MR) is 89.5 cm³/mol. The molecule has 0 radical (unpaired) electrons. The van der Waals surface area contributed by atoms with Gasteiger partial charge in [-0.2, -0.15) is 5.10 Å². The van der Waals surface area contributed by atoms with Crippen molar-refractivity contribution in [2.75, 3.05) is 0 Å². The number of hydrogen-bond donors (Lipinski definition) is 1. The highest BCUT2D eigenvalue weighted by atomic mass is 79.9. The Balaban J connectivity index is 1.91. The second-order valence-electron chi connectivity index (χ2n) is 4.95. The summed E-state index contributed by atoms with van der Waals surface area (Å²) in [6.07, 6.45) is 1.97. The Morgan fingerprint density at radius 1 is 1.19 bits per heavy atom. The highest BCUT2D eigenvalue weighted by Gasteiger charge is 2.04. The molecule has 0 unspecified atom stereocenters. The van der Waals surface area contributed by atoms with E-state index in [1.807, 2.05) is 50.2 Å². The summed E-state index contributed by atoms with van der Waals surface area (Å²) in [7, 11) is 0. The third kappa shape index (κ3) is 4.83. The smallest absolute Gasteiger partial charge is 0.244 e. The number of rotatable bonds is 4. The van der Waals surface area contributed by atoms with Crippen LogP contribution in [0.2, 0.25) is 0 Å². The minimum absolute atomic E-state index is 0.115. The number of hydrazone groups is 1. The van der Waals surface area contributed by atoms with Crippen LogP contribution in [0.3, 0.4) is 0 Å². The van der Waals surface area contributed by atoms with Crippen molar-refractivity contribution in [3.8, 4) is 0 Å². The monoisotopic (exact) mass is 344 g/mol. The summed E-state index contributed by atoms with van der Waals surface area (Å²) in [6, 6.07) is 13.8. The zero-order valence-corrected chi connectivity index (χ0v) is 13.6. The Hall–Kier alpha value is -1.94. The lowest BCUT2D eigenvalue weighted by Crippen LogP contribution is -2.20. The Labute approximate surface area is 133 Å². The molecule has 2 aromatic carbocycles. The zero-order valence-electron chi connectivity index (χ0n) is 12.1. The van der Waals surface area contributed by atoms with Gasteiger partial charge in [0, 0.05) is 4.47 Å². The van der Waals surface area contributed by atoms with Crippen LogP contribution in [-0.4, -0.2) is 12.1 Å². The summed E-state index contributed by atoms with van der Waals surface area (Å²) in [5, 5.41) is 3.97. The Morgan fingerprint density at radius 2 is 1.90 bits per heavy atom. The normalized spacial score (nSPS) is 10.8. The van der Waals surface area contributed by atoms with Gasteiger partial charge in [-0.3, -0.25) is 4.79 Å². The van der Waals surface area contributed by atoms with E-state index in [2.05, 4.69) is 32.5 Å². The number of amides is 1. The predicted octanol–water partition coefficient (Wildman–Crippen LogP) is 3.76. The molecular formula is C17H17BrN2O. The van der Waals surface area contributed by atoms with E-state index < -0.39 is 0 Å². The molecule has 4 heteroatoms. The molecule has 0 aliphatic carbocycles. The number of nitrogens with one attached hydrogen (secondary N) is 1. The van der Waals surface area contributed by atoms with E-state index in [1.165, 1.54) is 5.56 Å². The van der Waals surface area contributed by atoms with Crippen LogP contribution in [0.4, 0.5) is 0 Å². The summed E-state index contributed by atoms with van der Waals surface area (Å²) < 4.78 is 1.01. The zero-order chi connectivity index (χ0) is 15.2. The molecule has 2 aromatic rings. The van der Waals surface area contributed by atoms with E-state index >= 15 is 0 Å². The fourth-order valence-corrected chi connectivity index (χ4v) is 2.25. The van der Waals surface area contributed by atoms with Gasteiger partial charge in [-0.05, 0) is 42.7 Å². The van der Waals surface area contributed by atoms with E-state index in [-0.39, 0.29) is 5.91 Å². The van der Waals surface area contributed by atoms with Crippen molar-refractivity contribution >= 4 is 28.1 Å². The van der Waals surface area contributed by atoms with Gasteiger partial charge in [-0.15, -0.1) is 0 Å². The van der Waals surface area contributed by atoms with Crippen molar-refractivity contribution in [1.82, 2.24) is 5.43 Å². The third-order valence-corrected chi connectivity index (χ3v) is 3.65. The van der Waals surface area contributed by atoms with Crippen LogP contribution in [0.1, 0.15) is 22.3 Å². The Morgan fingerprint density at radius 3 is 2.57 bits per heavy atom. The largest absolute Gasteiger partial charge is 0.273 e. The maximum Gasteiger partial charge on any atom is 0.244 e. The van der Waals surface area contributed by atoms with Crippen LogP contribution in [0, 0.1) is 13.8 Å². The molecule has 0 spiro atoms. The second kappa shape index (κ2) is 7.18. The quantitative estimate of drug-likeness (QED) is 0.665.